The summed E-state index contributed by atoms with van der Waals surface area (Å²) in [5, 5.41) is 9.06. The summed E-state index contributed by atoms with van der Waals surface area (Å²) in [7, 11) is 1.60. The molecule has 2 rings (SSSR count). The molecule has 1 aliphatic rings. The standard InChI is InChI=1S/C13H20BrN3O2/c1-18-13-3-2-11(15-16-13)10-17-7-4-12(5-8-17)19-9-6-14/h2-3,12H,4-10H2,1H3. The highest BCUT2D eigenvalue weighted by Crippen LogP contribution is 2.16. The first kappa shape index (κ1) is 14.7. The number of methoxy groups -OCH3 is 1. The number of alkyl halides is 1. The molecule has 0 aromatic carbocycles. The number of rotatable bonds is 6. The quantitative estimate of drug-likeness (QED) is 0.745. The van der Waals surface area contributed by atoms with Crippen LogP contribution in [0.15, 0.2) is 12.1 Å². The Balaban J connectivity index is 1.75. The van der Waals surface area contributed by atoms with Gasteiger partial charge in [0.05, 0.1) is 25.5 Å². The molecule has 0 aliphatic carbocycles. The van der Waals surface area contributed by atoms with Crippen molar-refractivity contribution in [1.82, 2.24) is 15.1 Å². The number of piperidine rings is 1. The lowest BCUT2D eigenvalue weighted by atomic mass is 10.1. The van der Waals surface area contributed by atoms with Crippen molar-refractivity contribution in [3.05, 3.63) is 17.8 Å². The van der Waals surface area contributed by atoms with Gasteiger partial charge in [0.25, 0.3) is 0 Å². The Bertz CT molecular complexity index is 367. The van der Waals surface area contributed by atoms with Gasteiger partial charge in [0, 0.05) is 31.0 Å². The summed E-state index contributed by atoms with van der Waals surface area (Å²) in [6.45, 7) is 3.76. The number of nitrogens with zero attached hydrogens (tertiary/aromatic N) is 3. The van der Waals surface area contributed by atoms with Crippen molar-refractivity contribution in [2.75, 3.05) is 32.1 Å². The van der Waals surface area contributed by atoms with E-state index in [4.69, 9.17) is 9.47 Å². The predicted octanol–water partition coefficient (Wildman–Crippen LogP) is 1.86. The monoisotopic (exact) mass is 329 g/mol. The first-order chi connectivity index (χ1) is 9.31. The first-order valence-electron chi connectivity index (χ1n) is 6.58. The molecule has 0 bridgehead atoms. The van der Waals surface area contributed by atoms with E-state index in [0.717, 1.165) is 50.1 Å². The molecule has 0 N–H and O–H groups in total. The molecule has 6 heteroatoms. The van der Waals surface area contributed by atoms with E-state index in [1.165, 1.54) is 0 Å². The Morgan fingerprint density at radius 3 is 2.68 bits per heavy atom. The topological polar surface area (TPSA) is 47.5 Å². The summed E-state index contributed by atoms with van der Waals surface area (Å²) in [5.41, 5.74) is 0.987. The van der Waals surface area contributed by atoms with Crippen LogP contribution in [0.4, 0.5) is 0 Å². The summed E-state index contributed by atoms with van der Waals surface area (Å²) in [5.74, 6) is 0.561. The third-order valence-corrected chi connectivity index (χ3v) is 3.58. The van der Waals surface area contributed by atoms with Crippen LogP contribution in [-0.2, 0) is 11.3 Å². The smallest absolute Gasteiger partial charge is 0.233 e. The average Bonchev–Trinajstić information content (AvgIpc) is 2.47. The van der Waals surface area contributed by atoms with Crippen LogP contribution in [0, 0.1) is 0 Å². The van der Waals surface area contributed by atoms with E-state index in [2.05, 4.69) is 31.0 Å². The number of hydrogen-bond donors (Lipinski definition) is 0. The van der Waals surface area contributed by atoms with Crippen LogP contribution in [0.5, 0.6) is 5.88 Å². The minimum Gasteiger partial charge on any atom is -0.480 e. The van der Waals surface area contributed by atoms with Gasteiger partial charge in [-0.2, -0.15) is 5.10 Å². The van der Waals surface area contributed by atoms with Crippen LogP contribution >= 0.6 is 15.9 Å². The Kier molecular flexibility index (Phi) is 6.00. The molecular formula is C13H20BrN3O2. The third kappa shape index (κ3) is 4.71. The molecule has 0 saturated carbocycles. The van der Waals surface area contributed by atoms with Gasteiger partial charge in [0.15, 0.2) is 0 Å². The Morgan fingerprint density at radius 1 is 1.32 bits per heavy atom. The van der Waals surface area contributed by atoms with Crippen molar-refractivity contribution in [2.45, 2.75) is 25.5 Å². The second kappa shape index (κ2) is 7.77. The summed E-state index contributed by atoms with van der Waals surface area (Å²) < 4.78 is 10.7. The number of halogens is 1. The lowest BCUT2D eigenvalue weighted by Gasteiger charge is -2.31. The summed E-state index contributed by atoms with van der Waals surface area (Å²) in [4.78, 5) is 2.39. The molecule has 5 nitrogen and oxygen atoms in total. The fraction of sp³-hybridized carbons (Fsp3) is 0.692. The minimum atomic E-state index is 0.413. The fourth-order valence-electron chi connectivity index (χ4n) is 2.22. The zero-order chi connectivity index (χ0) is 13.5. The maximum absolute atomic E-state index is 5.74. The molecule has 1 aliphatic heterocycles. The molecule has 1 aromatic heterocycles. The summed E-state index contributed by atoms with van der Waals surface area (Å²) >= 11 is 3.38. The van der Waals surface area contributed by atoms with Gasteiger partial charge in [-0.25, -0.2) is 0 Å². The Hall–Kier alpha value is -0.720. The van der Waals surface area contributed by atoms with Crippen LogP contribution in [0.2, 0.25) is 0 Å². The molecular weight excluding hydrogens is 310 g/mol. The summed E-state index contributed by atoms with van der Waals surface area (Å²) in [6.07, 6.45) is 2.60. The van der Waals surface area contributed by atoms with Gasteiger partial charge in [0.2, 0.25) is 5.88 Å². The van der Waals surface area contributed by atoms with Gasteiger partial charge < -0.3 is 9.47 Å². The highest BCUT2D eigenvalue weighted by molar-refractivity contribution is 9.09. The van der Waals surface area contributed by atoms with Crippen molar-refractivity contribution in [1.29, 1.82) is 0 Å². The zero-order valence-corrected chi connectivity index (χ0v) is 12.8. The van der Waals surface area contributed by atoms with Crippen LogP contribution in [0.1, 0.15) is 18.5 Å². The molecule has 0 atom stereocenters. The molecule has 1 saturated heterocycles. The highest BCUT2D eigenvalue weighted by atomic mass is 79.9. The average molecular weight is 330 g/mol. The molecule has 1 aromatic rings. The van der Waals surface area contributed by atoms with Gasteiger partial charge in [-0.1, -0.05) is 15.9 Å². The van der Waals surface area contributed by atoms with E-state index in [9.17, 15) is 0 Å². The molecule has 0 unspecified atom stereocenters. The molecule has 0 spiro atoms. The second-order valence-corrected chi connectivity index (χ2v) is 5.40. The van der Waals surface area contributed by atoms with Crippen molar-refractivity contribution >= 4 is 15.9 Å². The van der Waals surface area contributed by atoms with Crippen LogP contribution < -0.4 is 4.74 Å². The molecule has 106 valence electrons. The Morgan fingerprint density at radius 2 is 2.11 bits per heavy atom. The van der Waals surface area contributed by atoms with Gasteiger partial charge in [-0.05, 0) is 18.9 Å². The second-order valence-electron chi connectivity index (χ2n) is 4.60. The lowest BCUT2D eigenvalue weighted by molar-refractivity contribution is 0.0138. The van der Waals surface area contributed by atoms with Crippen LogP contribution in [0.25, 0.3) is 0 Å². The normalized spacial score (nSPS) is 17.6. The van der Waals surface area contributed by atoms with Gasteiger partial charge in [0.1, 0.15) is 0 Å². The molecule has 1 fully saturated rings. The first-order valence-corrected chi connectivity index (χ1v) is 7.70. The van der Waals surface area contributed by atoms with E-state index in [0.29, 0.717) is 12.0 Å². The molecule has 0 radical (unpaired) electrons. The number of likely N-dealkylation sites (tertiary alicyclic amines) is 1. The van der Waals surface area contributed by atoms with Gasteiger partial charge >= 0.3 is 0 Å². The van der Waals surface area contributed by atoms with E-state index in [1.807, 2.05) is 12.1 Å². The van der Waals surface area contributed by atoms with E-state index in [-0.39, 0.29) is 0 Å². The number of aromatic nitrogens is 2. The number of hydrogen-bond acceptors (Lipinski definition) is 5. The van der Waals surface area contributed by atoms with Gasteiger partial charge in [-0.15, -0.1) is 5.10 Å². The molecule has 0 amide bonds. The van der Waals surface area contributed by atoms with Gasteiger partial charge in [-0.3, -0.25) is 4.90 Å². The Labute approximate surface area is 122 Å². The van der Waals surface area contributed by atoms with Crippen molar-refractivity contribution in [2.24, 2.45) is 0 Å². The largest absolute Gasteiger partial charge is 0.480 e. The SMILES string of the molecule is COc1ccc(CN2CCC(OCCBr)CC2)nn1. The summed E-state index contributed by atoms with van der Waals surface area (Å²) in [6, 6.07) is 3.83. The minimum absolute atomic E-state index is 0.413. The van der Waals surface area contributed by atoms with Crippen molar-refractivity contribution < 1.29 is 9.47 Å². The number of ether oxygens (including phenoxy) is 2. The van der Waals surface area contributed by atoms with Crippen LogP contribution in [-0.4, -0.2) is 53.3 Å². The maximum Gasteiger partial charge on any atom is 0.233 e. The molecule has 19 heavy (non-hydrogen) atoms. The maximum atomic E-state index is 5.74. The molecule has 2 heterocycles. The zero-order valence-electron chi connectivity index (χ0n) is 11.2. The van der Waals surface area contributed by atoms with Crippen LogP contribution in [0.3, 0.4) is 0 Å². The highest BCUT2D eigenvalue weighted by Gasteiger charge is 2.19. The fourth-order valence-corrected chi connectivity index (χ4v) is 2.40. The van der Waals surface area contributed by atoms with E-state index >= 15 is 0 Å². The van der Waals surface area contributed by atoms with E-state index < -0.39 is 0 Å². The lowest BCUT2D eigenvalue weighted by Crippen LogP contribution is -2.37. The predicted molar refractivity (Wildman–Crippen MR) is 76.6 cm³/mol. The van der Waals surface area contributed by atoms with E-state index in [1.54, 1.807) is 7.11 Å². The third-order valence-electron chi connectivity index (χ3n) is 3.26. The van der Waals surface area contributed by atoms with Crippen molar-refractivity contribution in [3.63, 3.8) is 0 Å². The van der Waals surface area contributed by atoms with Crippen molar-refractivity contribution in [3.8, 4) is 5.88 Å².